The molecular formula is C20H33N3O2. The van der Waals surface area contributed by atoms with Crippen LogP contribution in [0.4, 0.5) is 0 Å². The summed E-state index contributed by atoms with van der Waals surface area (Å²) in [7, 11) is 1.70. The van der Waals surface area contributed by atoms with Crippen LogP contribution >= 0.6 is 0 Å². The molecule has 1 fully saturated rings. The molecule has 0 bridgehead atoms. The maximum Gasteiger partial charge on any atom is 0.191 e. The highest BCUT2D eigenvalue weighted by Gasteiger charge is 2.14. The van der Waals surface area contributed by atoms with Gasteiger partial charge in [-0.1, -0.05) is 25.0 Å². The monoisotopic (exact) mass is 347 g/mol. The molecular weight excluding hydrogens is 314 g/mol. The number of methoxy groups -OCH3 is 1. The first-order valence-electron chi connectivity index (χ1n) is 9.50. The van der Waals surface area contributed by atoms with Crippen LogP contribution in [-0.4, -0.2) is 38.9 Å². The van der Waals surface area contributed by atoms with E-state index >= 15 is 0 Å². The molecule has 1 aromatic rings. The highest BCUT2D eigenvalue weighted by Crippen LogP contribution is 2.21. The second-order valence-electron chi connectivity index (χ2n) is 6.57. The number of hydrogen-bond acceptors (Lipinski definition) is 3. The van der Waals surface area contributed by atoms with E-state index in [1.807, 2.05) is 6.07 Å². The molecule has 1 aliphatic carbocycles. The Morgan fingerprint density at radius 1 is 1.24 bits per heavy atom. The summed E-state index contributed by atoms with van der Waals surface area (Å²) in [6.07, 6.45) is 6.60. The highest BCUT2D eigenvalue weighted by atomic mass is 16.5. The number of hydrogen-bond donors (Lipinski definition) is 2. The van der Waals surface area contributed by atoms with Crippen molar-refractivity contribution in [2.45, 2.75) is 58.6 Å². The van der Waals surface area contributed by atoms with E-state index in [0.29, 0.717) is 12.6 Å². The lowest BCUT2D eigenvalue weighted by Gasteiger charge is -2.14. The van der Waals surface area contributed by atoms with Crippen LogP contribution in [0.1, 0.15) is 50.2 Å². The second kappa shape index (κ2) is 11.0. The van der Waals surface area contributed by atoms with E-state index in [9.17, 15) is 0 Å². The van der Waals surface area contributed by atoms with E-state index in [1.54, 1.807) is 7.11 Å². The third-order valence-corrected chi connectivity index (χ3v) is 4.46. The first kappa shape index (κ1) is 19.6. The fourth-order valence-corrected chi connectivity index (χ4v) is 3.07. The van der Waals surface area contributed by atoms with Crippen molar-refractivity contribution in [3.8, 4) is 5.75 Å². The van der Waals surface area contributed by atoms with E-state index in [-0.39, 0.29) is 0 Å². The number of nitrogens with zero attached hydrogens (tertiary/aromatic N) is 1. The van der Waals surface area contributed by atoms with Crippen molar-refractivity contribution in [2.75, 3.05) is 26.8 Å². The van der Waals surface area contributed by atoms with Gasteiger partial charge >= 0.3 is 0 Å². The second-order valence-corrected chi connectivity index (χ2v) is 6.57. The molecule has 0 spiro atoms. The smallest absolute Gasteiger partial charge is 0.191 e. The molecule has 25 heavy (non-hydrogen) atoms. The fourth-order valence-electron chi connectivity index (χ4n) is 3.07. The quantitative estimate of drug-likeness (QED) is 0.408. The van der Waals surface area contributed by atoms with Gasteiger partial charge in [0.05, 0.1) is 19.8 Å². The van der Waals surface area contributed by atoms with E-state index in [4.69, 9.17) is 9.47 Å². The van der Waals surface area contributed by atoms with Crippen LogP contribution in [-0.2, 0) is 11.3 Å². The van der Waals surface area contributed by atoms with Crippen LogP contribution in [0.2, 0.25) is 0 Å². The lowest BCUT2D eigenvalue weighted by atomic mass is 10.1. The molecule has 2 rings (SSSR count). The number of aryl methyl sites for hydroxylation is 1. The SMILES string of the molecule is CCNC(=NCc1ccc(C)cc1OC)NCCCOC1CCCC1. The molecule has 0 aliphatic heterocycles. The molecule has 5 heteroatoms. The van der Waals surface area contributed by atoms with Crippen LogP contribution in [0.3, 0.4) is 0 Å². The predicted molar refractivity (Wildman–Crippen MR) is 103 cm³/mol. The van der Waals surface area contributed by atoms with Gasteiger partial charge in [0.1, 0.15) is 5.75 Å². The van der Waals surface area contributed by atoms with Crippen molar-refractivity contribution in [2.24, 2.45) is 4.99 Å². The maximum atomic E-state index is 5.90. The molecule has 0 aromatic heterocycles. The Kier molecular flexibility index (Phi) is 8.60. The molecule has 0 unspecified atom stereocenters. The lowest BCUT2D eigenvalue weighted by molar-refractivity contribution is 0.0574. The largest absolute Gasteiger partial charge is 0.496 e. The maximum absolute atomic E-state index is 5.90. The molecule has 0 radical (unpaired) electrons. The Bertz CT molecular complexity index is 540. The third-order valence-electron chi connectivity index (χ3n) is 4.46. The topological polar surface area (TPSA) is 54.9 Å². The Hall–Kier alpha value is -1.75. The van der Waals surface area contributed by atoms with Gasteiger partial charge in [-0.25, -0.2) is 4.99 Å². The third kappa shape index (κ3) is 6.94. The van der Waals surface area contributed by atoms with Crippen LogP contribution in [0.25, 0.3) is 0 Å². The summed E-state index contributed by atoms with van der Waals surface area (Å²) < 4.78 is 11.4. The van der Waals surface area contributed by atoms with Crippen molar-refractivity contribution in [1.29, 1.82) is 0 Å². The zero-order valence-corrected chi connectivity index (χ0v) is 15.9. The van der Waals surface area contributed by atoms with Crippen LogP contribution in [0, 0.1) is 6.92 Å². The van der Waals surface area contributed by atoms with Crippen molar-refractivity contribution >= 4 is 5.96 Å². The Morgan fingerprint density at radius 3 is 2.76 bits per heavy atom. The van der Waals surface area contributed by atoms with Gasteiger partial charge in [0.25, 0.3) is 0 Å². The minimum absolute atomic E-state index is 0.496. The minimum atomic E-state index is 0.496. The zero-order chi connectivity index (χ0) is 17.9. The Morgan fingerprint density at radius 2 is 2.04 bits per heavy atom. The predicted octanol–water partition coefficient (Wildman–Crippen LogP) is 3.41. The Balaban J connectivity index is 1.77. The van der Waals surface area contributed by atoms with Gasteiger partial charge in [-0.05, 0) is 44.7 Å². The summed E-state index contributed by atoms with van der Waals surface area (Å²) in [5.41, 5.74) is 2.28. The van der Waals surface area contributed by atoms with E-state index in [1.165, 1.54) is 31.2 Å². The molecule has 2 N–H and O–H groups in total. The van der Waals surface area contributed by atoms with Gasteiger partial charge in [-0.15, -0.1) is 0 Å². The first-order valence-corrected chi connectivity index (χ1v) is 9.50. The molecule has 1 aromatic carbocycles. The van der Waals surface area contributed by atoms with Gasteiger partial charge < -0.3 is 20.1 Å². The molecule has 0 saturated heterocycles. The summed E-state index contributed by atoms with van der Waals surface area (Å²) >= 11 is 0. The number of rotatable bonds is 9. The van der Waals surface area contributed by atoms with Gasteiger partial charge in [0, 0.05) is 25.3 Å². The number of guanidine groups is 1. The molecule has 1 aliphatic rings. The molecule has 0 atom stereocenters. The number of nitrogens with one attached hydrogen (secondary N) is 2. The van der Waals surface area contributed by atoms with Crippen LogP contribution in [0.15, 0.2) is 23.2 Å². The average molecular weight is 348 g/mol. The Labute approximate surface area is 152 Å². The van der Waals surface area contributed by atoms with E-state index in [2.05, 4.69) is 41.6 Å². The molecule has 5 nitrogen and oxygen atoms in total. The minimum Gasteiger partial charge on any atom is -0.496 e. The van der Waals surface area contributed by atoms with Crippen LogP contribution < -0.4 is 15.4 Å². The lowest BCUT2D eigenvalue weighted by Crippen LogP contribution is -2.38. The van der Waals surface area contributed by atoms with Crippen molar-refractivity contribution < 1.29 is 9.47 Å². The van der Waals surface area contributed by atoms with Gasteiger partial charge in [0.15, 0.2) is 5.96 Å². The van der Waals surface area contributed by atoms with Gasteiger partial charge in [-0.3, -0.25) is 0 Å². The van der Waals surface area contributed by atoms with Crippen molar-refractivity contribution in [1.82, 2.24) is 10.6 Å². The highest BCUT2D eigenvalue weighted by molar-refractivity contribution is 5.79. The summed E-state index contributed by atoms with van der Waals surface area (Å²) in [5.74, 6) is 1.73. The summed E-state index contributed by atoms with van der Waals surface area (Å²) in [4.78, 5) is 4.67. The molecule has 140 valence electrons. The van der Waals surface area contributed by atoms with Crippen LogP contribution in [0.5, 0.6) is 5.75 Å². The number of ether oxygens (including phenoxy) is 2. The standard InChI is InChI=1S/C20H33N3O2/c1-4-21-20(22-12-7-13-25-18-8-5-6-9-18)23-15-17-11-10-16(2)14-19(17)24-3/h10-11,14,18H,4-9,12-13,15H2,1-3H3,(H2,21,22,23). The first-order chi connectivity index (χ1) is 12.2. The fraction of sp³-hybridized carbons (Fsp3) is 0.650. The van der Waals surface area contributed by atoms with Crippen molar-refractivity contribution in [3.63, 3.8) is 0 Å². The summed E-state index contributed by atoms with van der Waals surface area (Å²) in [6.45, 7) is 7.26. The number of benzene rings is 1. The molecule has 0 heterocycles. The summed E-state index contributed by atoms with van der Waals surface area (Å²) in [5, 5.41) is 6.67. The van der Waals surface area contributed by atoms with Gasteiger partial charge in [-0.2, -0.15) is 0 Å². The van der Waals surface area contributed by atoms with Gasteiger partial charge in [0.2, 0.25) is 0 Å². The van der Waals surface area contributed by atoms with E-state index in [0.717, 1.165) is 43.4 Å². The number of aliphatic imine (C=N–C) groups is 1. The van der Waals surface area contributed by atoms with Crippen molar-refractivity contribution in [3.05, 3.63) is 29.3 Å². The zero-order valence-electron chi connectivity index (χ0n) is 15.9. The normalized spacial score (nSPS) is 15.4. The average Bonchev–Trinajstić information content (AvgIpc) is 3.13. The summed E-state index contributed by atoms with van der Waals surface area (Å²) in [6, 6.07) is 6.22. The van der Waals surface area contributed by atoms with E-state index < -0.39 is 0 Å². The molecule has 1 saturated carbocycles. The molecule has 0 amide bonds.